The normalized spacial score (nSPS) is 13.5. The minimum atomic E-state index is -1.18. The fourth-order valence-electron chi connectivity index (χ4n) is 1.42. The lowest BCUT2D eigenvalue weighted by Gasteiger charge is -2.21. The van der Waals surface area contributed by atoms with Crippen molar-refractivity contribution in [1.82, 2.24) is 10.6 Å². The summed E-state index contributed by atoms with van der Waals surface area (Å²) in [7, 11) is 1.68. The summed E-state index contributed by atoms with van der Waals surface area (Å²) in [6.07, 6.45) is 1.78. The Bertz CT molecular complexity index is 281. The molecule has 0 aliphatic heterocycles. The first-order chi connectivity index (χ1) is 8.56. The van der Waals surface area contributed by atoms with Crippen LogP contribution in [0.1, 0.15) is 19.8 Å². The van der Waals surface area contributed by atoms with E-state index in [4.69, 9.17) is 0 Å². The lowest BCUT2D eigenvalue weighted by molar-refractivity contribution is -0.144. The summed E-state index contributed by atoms with van der Waals surface area (Å²) < 4.78 is 4.69. The van der Waals surface area contributed by atoms with Crippen molar-refractivity contribution in [1.29, 1.82) is 0 Å². The van der Waals surface area contributed by atoms with Gasteiger partial charge in [0.2, 0.25) is 0 Å². The number of aliphatic hydroxyl groups is 1. The highest BCUT2D eigenvalue weighted by atomic mass is 16.5. The molecule has 0 aromatic rings. The Morgan fingerprint density at radius 2 is 2.17 bits per heavy atom. The Morgan fingerprint density at radius 3 is 2.67 bits per heavy atom. The summed E-state index contributed by atoms with van der Waals surface area (Å²) >= 11 is 0. The maximum Gasteiger partial charge on any atom is 0.325 e. The zero-order chi connectivity index (χ0) is 14.0. The van der Waals surface area contributed by atoms with Gasteiger partial charge in [0.1, 0.15) is 19.3 Å². The van der Waals surface area contributed by atoms with E-state index < -0.39 is 18.0 Å². The van der Waals surface area contributed by atoms with Crippen LogP contribution in [0.2, 0.25) is 0 Å². The van der Waals surface area contributed by atoms with Crippen LogP contribution in [0.15, 0.2) is 12.7 Å². The van der Waals surface area contributed by atoms with Gasteiger partial charge in [-0.2, -0.15) is 0 Å². The molecule has 1 amide bonds. The predicted octanol–water partition coefficient (Wildman–Crippen LogP) is -0.419. The SMILES string of the molecule is C=CCOC(=O)CNC(=O)C(O)C(CCC)NC. The third-order valence-electron chi connectivity index (χ3n) is 2.39. The second-order valence-corrected chi connectivity index (χ2v) is 3.82. The van der Waals surface area contributed by atoms with E-state index in [9.17, 15) is 14.7 Å². The number of aliphatic hydroxyl groups excluding tert-OH is 1. The number of nitrogens with one attached hydrogen (secondary N) is 2. The highest BCUT2D eigenvalue weighted by Crippen LogP contribution is 2.02. The number of amides is 1. The summed E-state index contributed by atoms with van der Waals surface area (Å²) in [6, 6.07) is -0.320. The molecular formula is C12H22N2O4. The van der Waals surface area contributed by atoms with Crippen LogP contribution >= 0.6 is 0 Å². The highest BCUT2D eigenvalue weighted by molar-refractivity contribution is 5.85. The van der Waals surface area contributed by atoms with Gasteiger partial charge in [-0.1, -0.05) is 26.0 Å². The average molecular weight is 258 g/mol. The third-order valence-corrected chi connectivity index (χ3v) is 2.39. The third kappa shape index (κ3) is 6.36. The van der Waals surface area contributed by atoms with Crippen LogP contribution in [0.4, 0.5) is 0 Å². The van der Waals surface area contributed by atoms with E-state index in [0.29, 0.717) is 6.42 Å². The molecule has 0 aromatic carbocycles. The van der Waals surface area contributed by atoms with Crippen LogP contribution in [-0.4, -0.2) is 49.3 Å². The summed E-state index contributed by atoms with van der Waals surface area (Å²) in [4.78, 5) is 22.7. The van der Waals surface area contributed by atoms with Crippen molar-refractivity contribution in [3.63, 3.8) is 0 Å². The van der Waals surface area contributed by atoms with E-state index in [2.05, 4.69) is 21.9 Å². The standard InChI is InChI=1S/C12H22N2O4/c1-4-6-9(13-3)11(16)12(17)14-8-10(15)18-7-5-2/h5,9,11,13,16H,2,4,6-8H2,1,3H3,(H,14,17). The Balaban J connectivity index is 4.06. The van der Waals surface area contributed by atoms with Crippen LogP contribution in [0, 0.1) is 0 Å². The molecule has 0 spiro atoms. The van der Waals surface area contributed by atoms with Crippen molar-refractivity contribution >= 4 is 11.9 Å². The Labute approximate surface area is 107 Å². The van der Waals surface area contributed by atoms with E-state index in [-0.39, 0.29) is 19.2 Å². The van der Waals surface area contributed by atoms with Gasteiger partial charge in [-0.05, 0) is 13.5 Å². The van der Waals surface area contributed by atoms with Crippen molar-refractivity contribution in [3.8, 4) is 0 Å². The molecule has 2 unspecified atom stereocenters. The molecule has 0 aromatic heterocycles. The Kier molecular flexibility index (Phi) is 8.86. The van der Waals surface area contributed by atoms with Crippen LogP contribution in [0.25, 0.3) is 0 Å². The number of ether oxygens (including phenoxy) is 1. The van der Waals surface area contributed by atoms with Crippen LogP contribution in [-0.2, 0) is 14.3 Å². The lowest BCUT2D eigenvalue weighted by atomic mass is 10.1. The molecule has 0 aliphatic carbocycles. The fourth-order valence-corrected chi connectivity index (χ4v) is 1.42. The molecule has 0 heterocycles. The van der Waals surface area contributed by atoms with E-state index >= 15 is 0 Å². The molecule has 104 valence electrons. The number of carbonyl (C=O) groups is 2. The van der Waals surface area contributed by atoms with Gasteiger partial charge in [-0.3, -0.25) is 9.59 Å². The number of hydrogen-bond acceptors (Lipinski definition) is 5. The van der Waals surface area contributed by atoms with Gasteiger partial charge in [0.05, 0.1) is 0 Å². The van der Waals surface area contributed by atoms with Gasteiger partial charge in [0, 0.05) is 6.04 Å². The van der Waals surface area contributed by atoms with Crippen LogP contribution in [0.5, 0.6) is 0 Å². The summed E-state index contributed by atoms with van der Waals surface area (Å²) in [6.45, 7) is 5.20. The molecular weight excluding hydrogens is 236 g/mol. The van der Waals surface area contributed by atoms with Gasteiger partial charge in [-0.15, -0.1) is 0 Å². The monoisotopic (exact) mass is 258 g/mol. The molecule has 0 saturated heterocycles. The van der Waals surface area contributed by atoms with Gasteiger partial charge in [0.25, 0.3) is 5.91 Å². The summed E-state index contributed by atoms with van der Waals surface area (Å²) in [5.74, 6) is -1.15. The summed E-state index contributed by atoms with van der Waals surface area (Å²) in [5.41, 5.74) is 0. The molecule has 6 heteroatoms. The molecule has 6 nitrogen and oxygen atoms in total. The van der Waals surface area contributed by atoms with E-state index in [1.165, 1.54) is 6.08 Å². The van der Waals surface area contributed by atoms with E-state index in [1.54, 1.807) is 7.05 Å². The maximum absolute atomic E-state index is 11.6. The van der Waals surface area contributed by atoms with E-state index in [0.717, 1.165) is 6.42 Å². The predicted molar refractivity (Wildman–Crippen MR) is 67.9 cm³/mol. The molecule has 0 bridgehead atoms. The first-order valence-corrected chi connectivity index (χ1v) is 5.96. The number of esters is 1. The van der Waals surface area contributed by atoms with Gasteiger partial charge >= 0.3 is 5.97 Å². The molecule has 18 heavy (non-hydrogen) atoms. The topological polar surface area (TPSA) is 87.7 Å². The number of carbonyl (C=O) groups excluding carboxylic acids is 2. The first-order valence-electron chi connectivity index (χ1n) is 5.96. The molecule has 3 N–H and O–H groups in total. The van der Waals surface area contributed by atoms with E-state index in [1.807, 2.05) is 6.92 Å². The van der Waals surface area contributed by atoms with Crippen molar-refractivity contribution in [3.05, 3.63) is 12.7 Å². The zero-order valence-corrected chi connectivity index (χ0v) is 10.9. The lowest BCUT2D eigenvalue weighted by Crippen LogP contribution is -2.48. The van der Waals surface area contributed by atoms with Gasteiger partial charge < -0.3 is 20.5 Å². The zero-order valence-electron chi connectivity index (χ0n) is 10.9. The average Bonchev–Trinajstić information content (AvgIpc) is 2.38. The molecule has 0 radical (unpaired) electrons. The molecule has 0 fully saturated rings. The van der Waals surface area contributed by atoms with Gasteiger partial charge in [-0.25, -0.2) is 0 Å². The second kappa shape index (κ2) is 9.61. The number of likely N-dealkylation sites (N-methyl/N-ethyl adjacent to an activating group) is 1. The first kappa shape index (κ1) is 16.6. The molecule has 0 rings (SSSR count). The summed E-state index contributed by atoms with van der Waals surface area (Å²) in [5, 5.41) is 14.9. The smallest absolute Gasteiger partial charge is 0.325 e. The van der Waals surface area contributed by atoms with Crippen molar-refractivity contribution in [2.45, 2.75) is 31.9 Å². The maximum atomic E-state index is 11.6. The minimum Gasteiger partial charge on any atom is -0.460 e. The van der Waals surface area contributed by atoms with Crippen LogP contribution < -0.4 is 10.6 Å². The van der Waals surface area contributed by atoms with Crippen molar-refractivity contribution in [2.75, 3.05) is 20.2 Å². The molecule has 0 aliphatic rings. The number of rotatable bonds is 9. The number of hydrogen-bond donors (Lipinski definition) is 3. The van der Waals surface area contributed by atoms with Crippen LogP contribution in [0.3, 0.4) is 0 Å². The Hall–Kier alpha value is -1.40. The van der Waals surface area contributed by atoms with Gasteiger partial charge in [0.15, 0.2) is 0 Å². The molecule has 2 atom stereocenters. The Morgan fingerprint density at radius 1 is 1.50 bits per heavy atom. The van der Waals surface area contributed by atoms with Crippen molar-refractivity contribution in [2.24, 2.45) is 0 Å². The van der Waals surface area contributed by atoms with Crippen molar-refractivity contribution < 1.29 is 19.4 Å². The molecule has 0 saturated carbocycles. The highest BCUT2D eigenvalue weighted by Gasteiger charge is 2.24. The quantitative estimate of drug-likeness (QED) is 0.386. The fraction of sp³-hybridized carbons (Fsp3) is 0.667. The largest absolute Gasteiger partial charge is 0.460 e. The minimum absolute atomic E-state index is 0.103. The second-order valence-electron chi connectivity index (χ2n) is 3.82.